The number of guanidine groups is 1. The highest BCUT2D eigenvalue weighted by Gasteiger charge is 2.28. The summed E-state index contributed by atoms with van der Waals surface area (Å²) in [6, 6.07) is 0. The Bertz CT molecular complexity index is 231. The minimum atomic E-state index is 0. The zero-order valence-electron chi connectivity index (χ0n) is 10.7. The van der Waals surface area contributed by atoms with Crippen LogP contribution in [0, 0.1) is 0 Å². The van der Waals surface area contributed by atoms with Gasteiger partial charge in [-0.2, -0.15) is 11.8 Å². The molecular weight excluding hydrogens is 333 g/mol. The number of hydrogen-bond acceptors (Lipinski definition) is 2. The number of nitrogens with one attached hydrogen (secondary N) is 1. The van der Waals surface area contributed by atoms with Gasteiger partial charge in [0.15, 0.2) is 5.96 Å². The number of aliphatic imine (C=N–C) groups is 1. The van der Waals surface area contributed by atoms with Crippen molar-refractivity contribution in [1.29, 1.82) is 0 Å². The monoisotopic (exact) mass is 357 g/mol. The summed E-state index contributed by atoms with van der Waals surface area (Å²) < 4.78 is 0.349. The Hall–Kier alpha value is 0.350. The molecule has 1 aliphatic heterocycles. The van der Waals surface area contributed by atoms with Crippen LogP contribution in [0.15, 0.2) is 4.99 Å². The van der Waals surface area contributed by atoms with Crippen molar-refractivity contribution >= 4 is 41.7 Å². The molecule has 5 heteroatoms. The smallest absolute Gasteiger partial charge is 0.193 e. The van der Waals surface area contributed by atoms with Gasteiger partial charge in [-0.1, -0.05) is 0 Å². The first-order chi connectivity index (χ1) is 7.09. The van der Waals surface area contributed by atoms with E-state index < -0.39 is 0 Å². The lowest BCUT2D eigenvalue weighted by Crippen LogP contribution is -2.50. The molecule has 1 heterocycles. The van der Waals surface area contributed by atoms with E-state index in [0.29, 0.717) is 4.75 Å². The van der Waals surface area contributed by atoms with Crippen LogP contribution in [0.25, 0.3) is 0 Å². The minimum Gasteiger partial charge on any atom is -0.357 e. The maximum Gasteiger partial charge on any atom is 0.193 e. The Kier molecular flexibility index (Phi) is 7.80. The first-order valence-corrected chi connectivity index (χ1v) is 6.75. The molecule has 1 N–H and O–H groups in total. The number of nitrogens with zero attached hydrogens (tertiary/aromatic N) is 2. The second-order valence-corrected chi connectivity index (χ2v) is 6.16. The van der Waals surface area contributed by atoms with Crippen molar-refractivity contribution in [3.8, 4) is 0 Å². The van der Waals surface area contributed by atoms with Crippen molar-refractivity contribution in [2.45, 2.75) is 32.4 Å². The molecule has 0 aromatic heterocycles. The van der Waals surface area contributed by atoms with E-state index in [9.17, 15) is 0 Å². The summed E-state index contributed by atoms with van der Waals surface area (Å²) in [6.07, 6.45) is 0. The molecule has 16 heavy (non-hydrogen) atoms. The normalized spacial score (nSPS) is 20.2. The van der Waals surface area contributed by atoms with Gasteiger partial charge in [0.05, 0.1) is 0 Å². The SMILES string of the molecule is CCN=C(NCC)N1CCSC(C)(C)C1.I. The molecule has 0 spiro atoms. The predicted molar refractivity (Wildman–Crippen MR) is 85.2 cm³/mol. The van der Waals surface area contributed by atoms with E-state index in [1.807, 2.05) is 0 Å². The molecule has 0 aromatic rings. The molecule has 1 fully saturated rings. The fourth-order valence-electron chi connectivity index (χ4n) is 1.77. The zero-order valence-corrected chi connectivity index (χ0v) is 13.9. The number of hydrogen-bond donors (Lipinski definition) is 1. The second-order valence-electron chi connectivity index (χ2n) is 4.36. The summed E-state index contributed by atoms with van der Waals surface area (Å²) >= 11 is 2.05. The molecule has 96 valence electrons. The molecular formula is C11H24IN3S. The van der Waals surface area contributed by atoms with E-state index in [1.54, 1.807) is 0 Å². The average molecular weight is 357 g/mol. The van der Waals surface area contributed by atoms with Crippen molar-refractivity contribution in [2.24, 2.45) is 4.99 Å². The summed E-state index contributed by atoms with van der Waals surface area (Å²) in [4.78, 5) is 6.90. The Labute approximate surface area is 121 Å². The molecule has 0 radical (unpaired) electrons. The van der Waals surface area contributed by atoms with Crippen LogP contribution >= 0.6 is 35.7 Å². The van der Waals surface area contributed by atoms with Crippen molar-refractivity contribution in [1.82, 2.24) is 10.2 Å². The topological polar surface area (TPSA) is 27.6 Å². The fraction of sp³-hybridized carbons (Fsp3) is 0.909. The highest BCUT2D eigenvalue weighted by Crippen LogP contribution is 2.29. The Morgan fingerprint density at radius 1 is 1.44 bits per heavy atom. The van der Waals surface area contributed by atoms with Gasteiger partial charge in [0, 0.05) is 36.7 Å². The van der Waals surface area contributed by atoms with Crippen LogP contribution in [0.5, 0.6) is 0 Å². The Balaban J connectivity index is 0.00000225. The van der Waals surface area contributed by atoms with Crippen LogP contribution in [-0.2, 0) is 0 Å². The highest BCUT2D eigenvalue weighted by molar-refractivity contribution is 14.0. The van der Waals surface area contributed by atoms with Crippen molar-refractivity contribution in [3.63, 3.8) is 0 Å². The first-order valence-electron chi connectivity index (χ1n) is 5.76. The molecule has 1 saturated heterocycles. The first kappa shape index (κ1) is 16.4. The van der Waals surface area contributed by atoms with Gasteiger partial charge in [-0.3, -0.25) is 4.99 Å². The molecule has 0 amide bonds. The summed E-state index contributed by atoms with van der Waals surface area (Å²) in [5.41, 5.74) is 0. The lowest BCUT2D eigenvalue weighted by molar-refractivity contribution is 0.376. The zero-order chi connectivity index (χ0) is 11.3. The predicted octanol–water partition coefficient (Wildman–Crippen LogP) is 2.42. The average Bonchev–Trinajstić information content (AvgIpc) is 2.16. The minimum absolute atomic E-state index is 0. The van der Waals surface area contributed by atoms with Crippen molar-refractivity contribution in [2.75, 3.05) is 31.9 Å². The van der Waals surface area contributed by atoms with Crippen molar-refractivity contribution < 1.29 is 0 Å². The molecule has 1 rings (SSSR count). The van der Waals surface area contributed by atoms with E-state index in [4.69, 9.17) is 0 Å². The number of halogens is 1. The van der Waals surface area contributed by atoms with E-state index in [0.717, 1.165) is 32.1 Å². The number of rotatable bonds is 2. The molecule has 1 aliphatic rings. The summed E-state index contributed by atoms with van der Waals surface area (Å²) in [7, 11) is 0. The second kappa shape index (κ2) is 7.63. The van der Waals surface area contributed by atoms with E-state index in [-0.39, 0.29) is 24.0 Å². The molecule has 0 bridgehead atoms. The van der Waals surface area contributed by atoms with E-state index in [1.165, 1.54) is 5.75 Å². The highest BCUT2D eigenvalue weighted by atomic mass is 127. The standard InChI is InChI=1S/C11H23N3S.HI/c1-5-12-10(13-6-2)14-7-8-15-11(3,4)9-14;/h5-9H2,1-4H3,(H,12,13);1H. The van der Waals surface area contributed by atoms with Gasteiger partial charge in [-0.15, -0.1) is 24.0 Å². The van der Waals surface area contributed by atoms with Crippen LogP contribution in [0.4, 0.5) is 0 Å². The molecule has 0 atom stereocenters. The lowest BCUT2D eigenvalue weighted by atomic mass is 10.2. The van der Waals surface area contributed by atoms with Gasteiger partial charge in [0.2, 0.25) is 0 Å². The lowest BCUT2D eigenvalue weighted by Gasteiger charge is -2.39. The maximum absolute atomic E-state index is 4.53. The van der Waals surface area contributed by atoms with Gasteiger partial charge >= 0.3 is 0 Å². The third-order valence-corrected chi connectivity index (χ3v) is 3.67. The van der Waals surface area contributed by atoms with Crippen LogP contribution in [-0.4, -0.2) is 47.5 Å². The molecule has 0 saturated carbocycles. The van der Waals surface area contributed by atoms with Gasteiger partial charge in [0.1, 0.15) is 0 Å². The van der Waals surface area contributed by atoms with E-state index in [2.05, 4.69) is 54.7 Å². The Morgan fingerprint density at radius 3 is 2.62 bits per heavy atom. The van der Waals surface area contributed by atoms with Gasteiger partial charge < -0.3 is 10.2 Å². The maximum atomic E-state index is 4.53. The van der Waals surface area contributed by atoms with Gasteiger partial charge in [-0.05, 0) is 27.7 Å². The van der Waals surface area contributed by atoms with Gasteiger partial charge in [0.25, 0.3) is 0 Å². The van der Waals surface area contributed by atoms with Crippen molar-refractivity contribution in [3.05, 3.63) is 0 Å². The largest absolute Gasteiger partial charge is 0.357 e. The number of thioether (sulfide) groups is 1. The third-order valence-electron chi connectivity index (χ3n) is 2.37. The summed E-state index contributed by atoms with van der Waals surface area (Å²) in [6.45, 7) is 12.8. The molecule has 0 aromatic carbocycles. The quantitative estimate of drug-likeness (QED) is 0.467. The van der Waals surface area contributed by atoms with Crippen LogP contribution < -0.4 is 5.32 Å². The Morgan fingerprint density at radius 2 is 2.12 bits per heavy atom. The van der Waals surface area contributed by atoms with Gasteiger partial charge in [-0.25, -0.2) is 0 Å². The summed E-state index contributed by atoms with van der Waals surface area (Å²) in [5.74, 6) is 2.27. The van der Waals surface area contributed by atoms with E-state index >= 15 is 0 Å². The van der Waals surface area contributed by atoms with Crippen LogP contribution in [0.1, 0.15) is 27.7 Å². The third kappa shape index (κ3) is 5.12. The summed E-state index contributed by atoms with van der Waals surface area (Å²) in [5, 5.41) is 3.36. The van der Waals surface area contributed by atoms with Crippen LogP contribution in [0.3, 0.4) is 0 Å². The fourth-order valence-corrected chi connectivity index (χ4v) is 2.88. The molecule has 0 aliphatic carbocycles. The van der Waals surface area contributed by atoms with Crippen LogP contribution in [0.2, 0.25) is 0 Å². The molecule has 0 unspecified atom stereocenters. The molecule has 3 nitrogen and oxygen atoms in total.